The highest BCUT2D eigenvalue weighted by atomic mass is 16.6. The summed E-state index contributed by atoms with van der Waals surface area (Å²) in [5, 5.41) is 2.65. The summed E-state index contributed by atoms with van der Waals surface area (Å²) in [5.41, 5.74) is 4.63. The summed E-state index contributed by atoms with van der Waals surface area (Å²) in [6, 6.07) is 16.3. The zero-order valence-corrected chi connectivity index (χ0v) is 19.2. The fourth-order valence-corrected chi connectivity index (χ4v) is 4.24. The standard InChI is InChI=1S/C26H27NO8/c28-22-9-10-23(29)25(22)35-24(30)16-33-14-13-32-12-11-27-26(31)34-15-21-19-7-3-1-5-17(19)18-6-2-4-8-20(18)21/h1-8,21,25H,9-16H2,(H,27,31). The van der Waals surface area contributed by atoms with E-state index in [-0.39, 0.29) is 69.9 Å². The number of fused-ring (bicyclic) bond motifs is 3. The lowest BCUT2D eigenvalue weighted by Gasteiger charge is -2.14. The summed E-state index contributed by atoms with van der Waals surface area (Å²) in [4.78, 5) is 46.7. The van der Waals surface area contributed by atoms with Crippen LogP contribution in [0.15, 0.2) is 48.5 Å². The number of hydrogen-bond donors (Lipinski definition) is 1. The van der Waals surface area contributed by atoms with Crippen molar-refractivity contribution in [3.8, 4) is 11.1 Å². The number of nitrogens with one attached hydrogen (secondary N) is 1. The van der Waals surface area contributed by atoms with E-state index in [4.69, 9.17) is 18.9 Å². The Hall–Kier alpha value is -3.56. The molecule has 0 atom stereocenters. The Kier molecular flexibility index (Phi) is 8.23. The molecule has 0 aromatic heterocycles. The quantitative estimate of drug-likeness (QED) is 0.295. The number of esters is 1. The third-order valence-electron chi connectivity index (χ3n) is 5.90. The van der Waals surface area contributed by atoms with E-state index < -0.39 is 18.2 Å². The van der Waals surface area contributed by atoms with E-state index in [0.29, 0.717) is 0 Å². The molecule has 0 radical (unpaired) electrons. The van der Waals surface area contributed by atoms with Gasteiger partial charge in [-0.1, -0.05) is 48.5 Å². The largest absolute Gasteiger partial charge is 0.449 e. The van der Waals surface area contributed by atoms with Crippen LogP contribution in [0, 0.1) is 0 Å². The highest BCUT2D eigenvalue weighted by Gasteiger charge is 2.36. The minimum absolute atomic E-state index is 0.00171. The minimum Gasteiger partial charge on any atom is -0.449 e. The average molecular weight is 482 g/mol. The van der Waals surface area contributed by atoms with E-state index in [1.807, 2.05) is 24.3 Å². The topological polar surface area (TPSA) is 117 Å². The predicted octanol–water partition coefficient (Wildman–Crippen LogP) is 2.40. The van der Waals surface area contributed by atoms with Gasteiger partial charge in [0.1, 0.15) is 13.2 Å². The van der Waals surface area contributed by atoms with Gasteiger partial charge in [-0.25, -0.2) is 9.59 Å². The fourth-order valence-electron chi connectivity index (χ4n) is 4.24. The monoisotopic (exact) mass is 481 g/mol. The Morgan fingerprint density at radius 2 is 1.43 bits per heavy atom. The maximum atomic E-state index is 12.1. The van der Waals surface area contributed by atoms with Gasteiger partial charge in [-0.3, -0.25) is 9.59 Å². The van der Waals surface area contributed by atoms with Crippen LogP contribution in [0.2, 0.25) is 0 Å². The molecule has 0 aliphatic heterocycles. The van der Waals surface area contributed by atoms with E-state index in [1.165, 1.54) is 11.1 Å². The average Bonchev–Trinajstić information content (AvgIpc) is 3.36. The Morgan fingerprint density at radius 1 is 0.829 bits per heavy atom. The third-order valence-corrected chi connectivity index (χ3v) is 5.90. The first kappa shape index (κ1) is 24.6. The Balaban J connectivity index is 1.07. The smallest absolute Gasteiger partial charge is 0.407 e. The van der Waals surface area contributed by atoms with Crippen LogP contribution in [0.25, 0.3) is 11.1 Å². The lowest BCUT2D eigenvalue weighted by molar-refractivity contribution is -0.161. The molecule has 0 heterocycles. The lowest BCUT2D eigenvalue weighted by atomic mass is 9.98. The number of alkyl carbamates (subject to hydrolysis) is 1. The number of amides is 1. The van der Waals surface area contributed by atoms with Crippen molar-refractivity contribution in [1.29, 1.82) is 0 Å². The molecule has 2 aliphatic rings. The maximum absolute atomic E-state index is 12.1. The summed E-state index contributed by atoms with van der Waals surface area (Å²) in [6.45, 7) is 0.669. The molecule has 4 rings (SSSR count). The first-order valence-electron chi connectivity index (χ1n) is 11.5. The molecule has 1 amide bonds. The number of carbonyl (C=O) groups excluding carboxylic acids is 4. The summed E-state index contributed by atoms with van der Waals surface area (Å²) >= 11 is 0. The molecule has 2 aromatic carbocycles. The van der Waals surface area contributed by atoms with Crippen molar-refractivity contribution in [1.82, 2.24) is 5.32 Å². The fraction of sp³-hybridized carbons (Fsp3) is 0.385. The Labute approximate surface area is 202 Å². The molecule has 9 heteroatoms. The van der Waals surface area contributed by atoms with Crippen molar-refractivity contribution in [2.45, 2.75) is 24.9 Å². The van der Waals surface area contributed by atoms with Crippen LogP contribution >= 0.6 is 0 Å². The molecular weight excluding hydrogens is 454 g/mol. The molecular formula is C26H27NO8. The second-order valence-electron chi connectivity index (χ2n) is 8.22. The van der Waals surface area contributed by atoms with Gasteiger partial charge in [0, 0.05) is 25.3 Å². The molecule has 0 bridgehead atoms. The van der Waals surface area contributed by atoms with Crippen LogP contribution < -0.4 is 5.32 Å². The zero-order chi connectivity index (χ0) is 24.6. The summed E-state index contributed by atoms with van der Waals surface area (Å²) in [5.74, 6) is -1.53. The molecule has 35 heavy (non-hydrogen) atoms. The van der Waals surface area contributed by atoms with Crippen molar-refractivity contribution in [3.05, 3.63) is 59.7 Å². The molecule has 9 nitrogen and oxygen atoms in total. The third kappa shape index (κ3) is 6.12. The summed E-state index contributed by atoms with van der Waals surface area (Å²) in [7, 11) is 0. The Bertz CT molecular complexity index is 1040. The van der Waals surface area contributed by atoms with Crippen molar-refractivity contribution >= 4 is 23.6 Å². The zero-order valence-electron chi connectivity index (χ0n) is 19.2. The first-order chi connectivity index (χ1) is 17.0. The SMILES string of the molecule is O=C(COCCOCCNC(=O)OCC1c2ccccc2-c2ccccc21)OC1C(=O)CCC1=O. The predicted molar refractivity (Wildman–Crippen MR) is 124 cm³/mol. The normalized spacial score (nSPS) is 15.1. The van der Waals surface area contributed by atoms with Gasteiger partial charge in [0.05, 0.1) is 19.8 Å². The van der Waals surface area contributed by atoms with Gasteiger partial charge in [-0.15, -0.1) is 0 Å². The highest BCUT2D eigenvalue weighted by molar-refractivity contribution is 6.12. The number of Topliss-reactive ketones (excluding diaryl/α,β-unsaturated/α-hetero) is 2. The van der Waals surface area contributed by atoms with Crippen LogP contribution in [0.4, 0.5) is 4.79 Å². The lowest BCUT2D eigenvalue weighted by Crippen LogP contribution is -2.30. The minimum atomic E-state index is -1.29. The van der Waals surface area contributed by atoms with Crippen LogP contribution in [-0.4, -0.2) is 69.3 Å². The number of ketones is 2. The van der Waals surface area contributed by atoms with Gasteiger partial charge in [0.15, 0.2) is 11.6 Å². The second-order valence-corrected chi connectivity index (χ2v) is 8.22. The number of rotatable bonds is 11. The van der Waals surface area contributed by atoms with Crippen LogP contribution in [-0.2, 0) is 33.3 Å². The van der Waals surface area contributed by atoms with Gasteiger partial charge in [0.25, 0.3) is 0 Å². The Morgan fingerprint density at radius 3 is 2.09 bits per heavy atom. The van der Waals surface area contributed by atoms with Crippen molar-refractivity contribution in [3.63, 3.8) is 0 Å². The molecule has 1 N–H and O–H groups in total. The van der Waals surface area contributed by atoms with Gasteiger partial charge >= 0.3 is 12.1 Å². The van der Waals surface area contributed by atoms with Gasteiger partial charge in [0.2, 0.25) is 6.10 Å². The van der Waals surface area contributed by atoms with E-state index in [9.17, 15) is 19.2 Å². The van der Waals surface area contributed by atoms with Crippen LogP contribution in [0.5, 0.6) is 0 Å². The summed E-state index contributed by atoms with van der Waals surface area (Å²) in [6.07, 6.45) is -1.60. The van der Waals surface area contributed by atoms with Crippen LogP contribution in [0.3, 0.4) is 0 Å². The first-order valence-corrected chi connectivity index (χ1v) is 11.5. The van der Waals surface area contributed by atoms with Gasteiger partial charge in [-0.2, -0.15) is 0 Å². The van der Waals surface area contributed by atoms with E-state index in [0.717, 1.165) is 11.1 Å². The van der Waals surface area contributed by atoms with Crippen LogP contribution in [0.1, 0.15) is 29.9 Å². The molecule has 1 saturated carbocycles. The molecule has 2 aliphatic carbocycles. The molecule has 1 fully saturated rings. The molecule has 2 aromatic rings. The van der Waals surface area contributed by atoms with Gasteiger partial charge in [-0.05, 0) is 22.3 Å². The maximum Gasteiger partial charge on any atom is 0.407 e. The van der Waals surface area contributed by atoms with Crippen molar-refractivity contribution in [2.75, 3.05) is 39.6 Å². The van der Waals surface area contributed by atoms with Gasteiger partial charge < -0.3 is 24.3 Å². The number of benzene rings is 2. The van der Waals surface area contributed by atoms with E-state index >= 15 is 0 Å². The van der Waals surface area contributed by atoms with E-state index in [1.54, 1.807) is 0 Å². The van der Waals surface area contributed by atoms with Crippen molar-refractivity contribution < 1.29 is 38.1 Å². The number of ether oxygens (including phenoxy) is 4. The molecule has 184 valence electrons. The summed E-state index contributed by atoms with van der Waals surface area (Å²) < 4.78 is 20.8. The molecule has 0 saturated heterocycles. The molecule has 0 unspecified atom stereocenters. The highest BCUT2D eigenvalue weighted by Crippen LogP contribution is 2.44. The molecule has 0 spiro atoms. The number of carbonyl (C=O) groups is 4. The second kappa shape index (κ2) is 11.7. The van der Waals surface area contributed by atoms with E-state index in [2.05, 4.69) is 29.6 Å². The number of hydrogen-bond acceptors (Lipinski definition) is 8. The van der Waals surface area contributed by atoms with Crippen molar-refractivity contribution in [2.24, 2.45) is 0 Å².